The molecule has 4 heteroatoms. The number of hydrogen-bond acceptors (Lipinski definition) is 4. The minimum absolute atomic E-state index is 0.476. The van der Waals surface area contributed by atoms with E-state index in [9.17, 15) is 0 Å². The number of likely N-dealkylation sites (tertiary alicyclic amines) is 1. The maximum atomic E-state index is 8.23. The average Bonchev–Trinajstić information content (AvgIpc) is 2.92. The van der Waals surface area contributed by atoms with Gasteiger partial charge in [0.15, 0.2) is 0 Å². The highest BCUT2D eigenvalue weighted by Gasteiger charge is 2.19. The molecule has 0 spiro atoms. The van der Waals surface area contributed by atoms with Gasteiger partial charge in [0.25, 0.3) is 0 Å². The Balaban J connectivity index is 1.60. The number of anilines is 1. The SMILES string of the molecule is CCCCN(CCCC)c1ccc2c(-c3cccc(CN4CCCCC4)c3)c3ccc(=N)cc-3oc2c1. The molecule has 1 N–H and O–H groups in total. The Labute approximate surface area is 221 Å². The number of fused-ring (bicyclic) bond motifs is 2. The Morgan fingerprint density at radius 3 is 2.41 bits per heavy atom. The van der Waals surface area contributed by atoms with Gasteiger partial charge in [0.05, 0.1) is 5.36 Å². The monoisotopic (exact) mass is 495 g/mol. The molecule has 0 saturated carbocycles. The highest BCUT2D eigenvalue weighted by atomic mass is 16.3. The van der Waals surface area contributed by atoms with Gasteiger partial charge >= 0.3 is 0 Å². The molecule has 0 aromatic heterocycles. The molecule has 3 aliphatic rings. The van der Waals surface area contributed by atoms with Crippen molar-refractivity contribution in [3.05, 3.63) is 71.6 Å². The van der Waals surface area contributed by atoms with Gasteiger partial charge < -0.3 is 14.7 Å². The summed E-state index contributed by atoms with van der Waals surface area (Å²) in [6.07, 6.45) is 8.73. The predicted octanol–water partition coefficient (Wildman–Crippen LogP) is 8.08. The summed E-state index contributed by atoms with van der Waals surface area (Å²) < 4.78 is 6.49. The number of piperidine rings is 1. The van der Waals surface area contributed by atoms with Crippen LogP contribution in [0.5, 0.6) is 0 Å². The zero-order valence-corrected chi connectivity index (χ0v) is 22.6. The van der Waals surface area contributed by atoms with Crippen molar-refractivity contribution in [2.24, 2.45) is 0 Å². The van der Waals surface area contributed by atoms with Gasteiger partial charge in [0, 0.05) is 54.0 Å². The zero-order valence-electron chi connectivity index (χ0n) is 22.6. The summed E-state index contributed by atoms with van der Waals surface area (Å²) in [5.74, 6) is 0.780. The minimum Gasteiger partial charge on any atom is -0.456 e. The largest absolute Gasteiger partial charge is 0.456 e. The van der Waals surface area contributed by atoms with Gasteiger partial charge in [-0.05, 0) is 80.2 Å². The van der Waals surface area contributed by atoms with Crippen molar-refractivity contribution >= 4 is 16.7 Å². The third kappa shape index (κ3) is 5.91. The molecule has 1 aliphatic carbocycles. The molecule has 5 rings (SSSR count). The number of nitrogens with zero attached hydrogens (tertiary/aromatic N) is 2. The van der Waals surface area contributed by atoms with Crippen molar-refractivity contribution in [1.29, 1.82) is 5.41 Å². The van der Waals surface area contributed by atoms with Crippen molar-refractivity contribution in [3.63, 3.8) is 0 Å². The Bertz CT molecular complexity index is 1340. The van der Waals surface area contributed by atoms with Crippen LogP contribution in [0.3, 0.4) is 0 Å². The van der Waals surface area contributed by atoms with E-state index in [2.05, 4.69) is 72.2 Å². The molecule has 4 nitrogen and oxygen atoms in total. The van der Waals surface area contributed by atoms with Gasteiger partial charge in [-0.15, -0.1) is 0 Å². The van der Waals surface area contributed by atoms with Crippen LogP contribution in [0.15, 0.2) is 65.1 Å². The molecule has 194 valence electrons. The number of unbranched alkanes of at least 4 members (excludes halogenated alkanes) is 2. The van der Waals surface area contributed by atoms with E-state index < -0.39 is 0 Å². The minimum atomic E-state index is 0.476. The quantitative estimate of drug-likeness (QED) is 0.226. The number of hydrogen-bond donors (Lipinski definition) is 1. The molecule has 0 amide bonds. The first-order chi connectivity index (χ1) is 18.2. The van der Waals surface area contributed by atoms with Crippen molar-refractivity contribution in [1.82, 2.24) is 4.90 Å². The maximum Gasteiger partial charge on any atom is 0.137 e. The summed E-state index contributed by atoms with van der Waals surface area (Å²) in [5, 5.41) is 9.84. The van der Waals surface area contributed by atoms with Gasteiger partial charge in [0.2, 0.25) is 0 Å². The highest BCUT2D eigenvalue weighted by Crippen LogP contribution is 2.41. The molecule has 0 bridgehead atoms. The van der Waals surface area contributed by atoms with Gasteiger partial charge in [-0.1, -0.05) is 51.3 Å². The lowest BCUT2D eigenvalue weighted by atomic mass is 9.92. The summed E-state index contributed by atoms with van der Waals surface area (Å²) in [6, 6.07) is 21.6. The fraction of sp³-hybridized carbons (Fsp3) is 0.424. The Kier molecular flexibility index (Phi) is 8.25. The van der Waals surface area contributed by atoms with Crippen LogP contribution >= 0.6 is 0 Å². The topological polar surface area (TPSA) is 43.5 Å². The third-order valence-corrected chi connectivity index (χ3v) is 7.70. The number of benzene rings is 3. The normalized spacial score (nSPS) is 14.4. The van der Waals surface area contributed by atoms with E-state index in [0.29, 0.717) is 5.36 Å². The fourth-order valence-electron chi connectivity index (χ4n) is 5.66. The van der Waals surface area contributed by atoms with Crippen LogP contribution < -0.4 is 10.3 Å². The lowest BCUT2D eigenvalue weighted by molar-refractivity contribution is 0.221. The van der Waals surface area contributed by atoms with Crippen LogP contribution in [0.25, 0.3) is 33.4 Å². The van der Waals surface area contributed by atoms with Crippen LogP contribution in [-0.2, 0) is 6.54 Å². The fourth-order valence-corrected chi connectivity index (χ4v) is 5.66. The van der Waals surface area contributed by atoms with Crippen molar-refractivity contribution in [2.75, 3.05) is 31.1 Å². The molecule has 2 aliphatic heterocycles. The van der Waals surface area contributed by atoms with Crippen LogP contribution in [0.2, 0.25) is 0 Å². The summed E-state index contributed by atoms with van der Waals surface area (Å²) in [4.78, 5) is 5.09. The summed E-state index contributed by atoms with van der Waals surface area (Å²) >= 11 is 0. The first kappa shape index (κ1) is 25.5. The third-order valence-electron chi connectivity index (χ3n) is 7.70. The van der Waals surface area contributed by atoms with E-state index >= 15 is 0 Å². The van der Waals surface area contributed by atoms with Crippen LogP contribution in [0, 0.1) is 5.41 Å². The lowest BCUT2D eigenvalue weighted by Crippen LogP contribution is -2.29. The molecule has 0 atom stereocenters. The average molecular weight is 496 g/mol. The zero-order chi connectivity index (χ0) is 25.6. The van der Waals surface area contributed by atoms with E-state index in [1.807, 2.05) is 12.1 Å². The molecule has 37 heavy (non-hydrogen) atoms. The van der Waals surface area contributed by atoms with E-state index in [0.717, 1.165) is 41.9 Å². The smallest absolute Gasteiger partial charge is 0.137 e. The Morgan fingerprint density at radius 2 is 1.65 bits per heavy atom. The van der Waals surface area contributed by atoms with E-state index in [1.165, 1.54) is 80.4 Å². The van der Waals surface area contributed by atoms with Gasteiger partial charge in [0.1, 0.15) is 11.3 Å². The van der Waals surface area contributed by atoms with Gasteiger partial charge in [-0.25, -0.2) is 0 Å². The molecule has 2 aromatic rings. The van der Waals surface area contributed by atoms with E-state index in [-0.39, 0.29) is 0 Å². The standard InChI is InChI=1S/C33H41N3O/c1-3-5-19-36(20-6-4-2)28-14-16-30-32(23-28)37-31-22-27(34)13-15-29(31)33(30)26-12-10-11-25(21-26)24-35-17-8-7-9-18-35/h10-16,21-23,34H,3-9,17-20,24H2,1-2H3. The van der Waals surface area contributed by atoms with Crippen molar-refractivity contribution in [3.8, 4) is 22.5 Å². The summed E-state index contributed by atoms with van der Waals surface area (Å²) in [5.41, 5.74) is 6.98. The van der Waals surface area contributed by atoms with Gasteiger partial charge in [-0.2, -0.15) is 0 Å². The molecule has 2 heterocycles. The van der Waals surface area contributed by atoms with Crippen molar-refractivity contribution < 1.29 is 4.42 Å². The Hall–Kier alpha value is -3.11. The first-order valence-corrected chi connectivity index (χ1v) is 14.3. The second kappa shape index (κ2) is 12.0. The van der Waals surface area contributed by atoms with Gasteiger partial charge in [-0.3, -0.25) is 4.90 Å². The first-order valence-electron chi connectivity index (χ1n) is 14.3. The molecule has 2 aromatic carbocycles. The number of rotatable bonds is 10. The number of nitrogens with one attached hydrogen (secondary N) is 1. The van der Waals surface area contributed by atoms with Crippen LogP contribution in [0.4, 0.5) is 5.69 Å². The second-order valence-corrected chi connectivity index (χ2v) is 10.6. The summed E-state index contributed by atoms with van der Waals surface area (Å²) in [7, 11) is 0. The van der Waals surface area contributed by atoms with Crippen LogP contribution in [0.1, 0.15) is 64.4 Å². The molecular formula is C33H41N3O. The molecule has 1 saturated heterocycles. The van der Waals surface area contributed by atoms with Crippen LogP contribution in [-0.4, -0.2) is 31.1 Å². The Morgan fingerprint density at radius 1 is 0.865 bits per heavy atom. The van der Waals surface area contributed by atoms with Crippen molar-refractivity contribution in [2.45, 2.75) is 65.3 Å². The predicted molar refractivity (Wildman–Crippen MR) is 155 cm³/mol. The molecule has 0 unspecified atom stereocenters. The second-order valence-electron chi connectivity index (χ2n) is 10.6. The lowest BCUT2D eigenvalue weighted by Gasteiger charge is -2.27. The molecule has 1 fully saturated rings. The summed E-state index contributed by atoms with van der Waals surface area (Å²) in [6.45, 7) is 10.0. The maximum absolute atomic E-state index is 8.23. The van der Waals surface area contributed by atoms with E-state index in [1.54, 1.807) is 0 Å². The highest BCUT2D eigenvalue weighted by molar-refractivity contribution is 6.02. The molecular weight excluding hydrogens is 454 g/mol. The van der Waals surface area contributed by atoms with E-state index in [4.69, 9.17) is 9.83 Å². The molecule has 0 radical (unpaired) electrons.